The van der Waals surface area contributed by atoms with Crippen LogP contribution in [-0.2, 0) is 16.1 Å². The first-order valence-electron chi connectivity index (χ1n) is 11.4. The van der Waals surface area contributed by atoms with Crippen molar-refractivity contribution in [2.45, 2.75) is 32.2 Å². The Morgan fingerprint density at radius 1 is 1.00 bits per heavy atom. The minimum atomic E-state index is -0.335. The molecule has 2 fully saturated rings. The molecule has 2 saturated heterocycles. The Balaban J connectivity index is 1.47. The molecule has 34 heavy (non-hydrogen) atoms. The number of anilines is 1. The molecule has 3 aromatic rings. The fourth-order valence-electron chi connectivity index (χ4n) is 4.52. The molecular formula is C26H24BrN3O3S. The first-order valence-corrected chi connectivity index (χ1v) is 13.0. The third-order valence-electron chi connectivity index (χ3n) is 6.23. The molecule has 3 amide bonds. The first-order chi connectivity index (χ1) is 16.5. The average Bonchev–Trinajstić information content (AvgIpc) is 3.14. The SMILES string of the molecule is O=C(Cn1cc(/C=C2\SC(=O)N(c3ccccc3)C2=O)c2cc(Br)ccc21)N1CCCCCC1. The maximum Gasteiger partial charge on any atom is 0.298 e. The van der Waals surface area contributed by atoms with Gasteiger partial charge in [0.1, 0.15) is 6.54 Å². The topological polar surface area (TPSA) is 62.6 Å². The van der Waals surface area contributed by atoms with Crippen LogP contribution in [0, 0.1) is 0 Å². The van der Waals surface area contributed by atoms with E-state index < -0.39 is 0 Å². The number of aromatic nitrogens is 1. The molecule has 1 aromatic heterocycles. The van der Waals surface area contributed by atoms with Crippen LogP contribution < -0.4 is 4.90 Å². The number of halogens is 1. The summed E-state index contributed by atoms with van der Waals surface area (Å²) in [6.45, 7) is 1.86. The highest BCUT2D eigenvalue weighted by atomic mass is 79.9. The number of fused-ring (bicyclic) bond motifs is 1. The zero-order valence-corrected chi connectivity index (χ0v) is 21.0. The van der Waals surface area contributed by atoms with E-state index in [4.69, 9.17) is 0 Å². The van der Waals surface area contributed by atoms with Crippen molar-refractivity contribution in [2.75, 3.05) is 18.0 Å². The molecule has 5 rings (SSSR count). The van der Waals surface area contributed by atoms with Gasteiger partial charge in [-0.3, -0.25) is 14.4 Å². The number of hydrogen-bond donors (Lipinski definition) is 0. The van der Waals surface area contributed by atoms with Crippen molar-refractivity contribution in [3.05, 3.63) is 69.7 Å². The van der Waals surface area contributed by atoms with Gasteiger partial charge >= 0.3 is 0 Å². The molecule has 2 aliphatic rings. The first kappa shape index (κ1) is 22.9. The lowest BCUT2D eigenvalue weighted by atomic mass is 10.1. The molecule has 0 aliphatic carbocycles. The second-order valence-electron chi connectivity index (χ2n) is 8.52. The number of carbonyl (C=O) groups is 3. The molecule has 0 radical (unpaired) electrons. The zero-order chi connectivity index (χ0) is 23.7. The highest BCUT2D eigenvalue weighted by Gasteiger charge is 2.36. The zero-order valence-electron chi connectivity index (χ0n) is 18.6. The molecule has 0 unspecified atom stereocenters. The van der Waals surface area contributed by atoms with Crippen LogP contribution in [0.25, 0.3) is 17.0 Å². The van der Waals surface area contributed by atoms with Gasteiger partial charge in [0.05, 0.1) is 10.6 Å². The van der Waals surface area contributed by atoms with Crippen molar-refractivity contribution >= 4 is 67.4 Å². The summed E-state index contributed by atoms with van der Waals surface area (Å²) in [4.78, 5) is 42.3. The Hall–Kier alpha value is -2.84. The molecule has 2 aromatic carbocycles. The Kier molecular flexibility index (Phi) is 6.61. The molecule has 0 atom stereocenters. The number of nitrogens with zero attached hydrogens (tertiary/aromatic N) is 3. The number of para-hydroxylation sites is 1. The second-order valence-corrected chi connectivity index (χ2v) is 10.4. The molecular weight excluding hydrogens is 514 g/mol. The molecule has 3 heterocycles. The van der Waals surface area contributed by atoms with Crippen molar-refractivity contribution in [2.24, 2.45) is 0 Å². The Labute approximate surface area is 210 Å². The maximum atomic E-state index is 13.1. The monoisotopic (exact) mass is 537 g/mol. The summed E-state index contributed by atoms with van der Waals surface area (Å²) in [5.41, 5.74) is 2.28. The quantitative estimate of drug-likeness (QED) is 0.380. The smallest absolute Gasteiger partial charge is 0.298 e. The van der Waals surface area contributed by atoms with E-state index in [-0.39, 0.29) is 23.6 Å². The molecule has 0 spiro atoms. The molecule has 8 heteroatoms. The summed E-state index contributed by atoms with van der Waals surface area (Å²) >= 11 is 4.47. The number of hydrogen-bond acceptors (Lipinski definition) is 4. The molecule has 2 aliphatic heterocycles. The minimum absolute atomic E-state index is 0.109. The summed E-state index contributed by atoms with van der Waals surface area (Å²) in [6, 6.07) is 14.8. The van der Waals surface area contributed by atoms with Gasteiger partial charge in [-0.2, -0.15) is 0 Å². The Bertz CT molecular complexity index is 1290. The highest BCUT2D eigenvalue weighted by molar-refractivity contribution is 9.10. The van der Waals surface area contributed by atoms with E-state index in [2.05, 4.69) is 15.9 Å². The van der Waals surface area contributed by atoms with Gasteiger partial charge in [0, 0.05) is 40.2 Å². The van der Waals surface area contributed by atoms with E-state index in [9.17, 15) is 14.4 Å². The van der Waals surface area contributed by atoms with E-state index in [1.54, 1.807) is 30.3 Å². The van der Waals surface area contributed by atoms with Crippen molar-refractivity contribution in [1.82, 2.24) is 9.47 Å². The summed E-state index contributed by atoms with van der Waals surface area (Å²) in [5, 5.41) is 0.605. The largest absolute Gasteiger partial charge is 0.341 e. The van der Waals surface area contributed by atoms with Crippen molar-refractivity contribution < 1.29 is 14.4 Å². The third kappa shape index (κ3) is 4.57. The maximum absolute atomic E-state index is 13.1. The number of carbonyl (C=O) groups excluding carboxylic acids is 3. The second kappa shape index (κ2) is 9.80. The van der Waals surface area contributed by atoms with Crippen LogP contribution in [-0.4, -0.2) is 39.6 Å². The fraction of sp³-hybridized carbons (Fsp3) is 0.269. The number of rotatable bonds is 4. The van der Waals surface area contributed by atoms with Gasteiger partial charge in [-0.1, -0.05) is 47.0 Å². The number of imide groups is 1. The normalized spacial score (nSPS) is 18.2. The summed E-state index contributed by atoms with van der Waals surface area (Å²) in [5.74, 6) is -0.226. The number of benzene rings is 2. The molecule has 0 saturated carbocycles. The van der Waals surface area contributed by atoms with Gasteiger partial charge in [-0.15, -0.1) is 0 Å². The average molecular weight is 538 g/mol. The van der Waals surface area contributed by atoms with Crippen LogP contribution in [0.4, 0.5) is 10.5 Å². The molecule has 6 nitrogen and oxygen atoms in total. The van der Waals surface area contributed by atoms with Crippen LogP contribution in [0.3, 0.4) is 0 Å². The highest BCUT2D eigenvalue weighted by Crippen LogP contribution is 2.37. The summed E-state index contributed by atoms with van der Waals surface area (Å²) in [6.07, 6.45) is 8.11. The van der Waals surface area contributed by atoms with Crippen molar-refractivity contribution in [3.63, 3.8) is 0 Å². The lowest BCUT2D eigenvalue weighted by molar-refractivity contribution is -0.131. The predicted molar refractivity (Wildman–Crippen MR) is 140 cm³/mol. The predicted octanol–water partition coefficient (Wildman–Crippen LogP) is 6.05. The van der Waals surface area contributed by atoms with Crippen LogP contribution in [0.15, 0.2) is 64.1 Å². The Morgan fingerprint density at radius 3 is 2.47 bits per heavy atom. The number of amides is 3. The van der Waals surface area contributed by atoms with E-state index in [0.717, 1.165) is 58.6 Å². The van der Waals surface area contributed by atoms with Crippen molar-refractivity contribution in [1.29, 1.82) is 0 Å². The van der Waals surface area contributed by atoms with Gasteiger partial charge < -0.3 is 9.47 Å². The van der Waals surface area contributed by atoms with Crippen LogP contribution in [0.1, 0.15) is 31.2 Å². The molecule has 174 valence electrons. The van der Waals surface area contributed by atoms with E-state index in [1.807, 2.05) is 39.9 Å². The van der Waals surface area contributed by atoms with Crippen LogP contribution in [0.2, 0.25) is 0 Å². The van der Waals surface area contributed by atoms with E-state index in [0.29, 0.717) is 10.6 Å². The lowest BCUT2D eigenvalue weighted by Gasteiger charge is -2.20. The summed E-state index contributed by atoms with van der Waals surface area (Å²) in [7, 11) is 0. The van der Waals surface area contributed by atoms with Crippen LogP contribution in [0.5, 0.6) is 0 Å². The number of thioether (sulfide) groups is 1. The van der Waals surface area contributed by atoms with Gasteiger partial charge in [0.25, 0.3) is 11.1 Å². The van der Waals surface area contributed by atoms with Crippen molar-refractivity contribution in [3.8, 4) is 0 Å². The minimum Gasteiger partial charge on any atom is -0.341 e. The van der Waals surface area contributed by atoms with Crippen LogP contribution >= 0.6 is 27.7 Å². The van der Waals surface area contributed by atoms with Gasteiger partial charge in [0.2, 0.25) is 5.91 Å². The molecule has 0 bridgehead atoms. The Morgan fingerprint density at radius 2 is 1.74 bits per heavy atom. The molecule has 0 N–H and O–H groups in total. The van der Waals surface area contributed by atoms with E-state index >= 15 is 0 Å². The number of likely N-dealkylation sites (tertiary alicyclic amines) is 1. The van der Waals surface area contributed by atoms with Gasteiger partial charge in [0.15, 0.2) is 0 Å². The summed E-state index contributed by atoms with van der Waals surface area (Å²) < 4.78 is 2.85. The van der Waals surface area contributed by atoms with Gasteiger partial charge in [-0.05, 0) is 61.0 Å². The van der Waals surface area contributed by atoms with E-state index in [1.165, 1.54) is 17.7 Å². The lowest BCUT2D eigenvalue weighted by Crippen LogP contribution is -2.34. The fourth-order valence-corrected chi connectivity index (χ4v) is 5.71. The standard InChI is InChI=1S/C26H24BrN3O3S/c27-19-10-11-22-21(15-19)18(16-29(22)17-24(31)28-12-6-1-2-7-13-28)14-23-25(32)30(26(33)34-23)20-8-4-3-5-9-20/h3-5,8-11,14-16H,1-2,6-7,12-13,17H2/b23-14-. The third-order valence-corrected chi connectivity index (χ3v) is 7.60. The van der Waals surface area contributed by atoms with Gasteiger partial charge in [-0.25, -0.2) is 4.90 Å².